The van der Waals surface area contributed by atoms with Crippen molar-refractivity contribution in [1.29, 1.82) is 5.26 Å². The van der Waals surface area contributed by atoms with Gasteiger partial charge in [-0.1, -0.05) is 24.3 Å². The molecular weight excluding hydrogens is 364 g/mol. The topological polar surface area (TPSA) is 62.6 Å². The van der Waals surface area contributed by atoms with E-state index in [1.165, 1.54) is 7.11 Å². The molecule has 1 saturated heterocycles. The fraction of sp³-hybridized carbons (Fsp3) is 0.333. The Kier molecular flexibility index (Phi) is 7.23. The summed E-state index contributed by atoms with van der Waals surface area (Å²) in [6.07, 6.45) is 0.756. The summed E-state index contributed by atoms with van der Waals surface area (Å²) >= 11 is 0. The zero-order valence-electron chi connectivity index (χ0n) is 15.4. The minimum Gasteiger partial charge on any atom is -0.492 e. The summed E-state index contributed by atoms with van der Waals surface area (Å²) < 4.78 is 10.8. The number of esters is 1. The Morgan fingerprint density at radius 1 is 1.15 bits per heavy atom. The predicted molar refractivity (Wildman–Crippen MR) is 106 cm³/mol. The third kappa shape index (κ3) is 5.00. The molecule has 0 spiro atoms. The molecule has 3 rings (SSSR count). The average Bonchev–Trinajstić information content (AvgIpc) is 3.07. The van der Waals surface area contributed by atoms with Crippen LogP contribution in [-0.4, -0.2) is 44.2 Å². The standard InChI is InChI=1S/C21H22N2O3.ClH/c1-23-13-18(21(24)25-2)11-19(23)14-26-20-9-7-17(8-10-20)16-5-3-15(12-22)4-6-16;/h3-10,18-19H,11,13-14H2,1-2H3;1H/t18-,19-;/m0./s1. The molecule has 2 atom stereocenters. The van der Waals surface area contributed by atoms with Crippen LogP contribution >= 0.6 is 12.4 Å². The van der Waals surface area contributed by atoms with Crippen molar-refractivity contribution in [3.63, 3.8) is 0 Å². The summed E-state index contributed by atoms with van der Waals surface area (Å²) in [6.45, 7) is 1.25. The van der Waals surface area contributed by atoms with Gasteiger partial charge in [-0.3, -0.25) is 9.69 Å². The molecule has 0 saturated carbocycles. The molecule has 1 aliphatic rings. The van der Waals surface area contributed by atoms with Crippen LogP contribution in [0.1, 0.15) is 12.0 Å². The number of benzene rings is 2. The first-order valence-electron chi connectivity index (χ1n) is 8.62. The molecule has 0 radical (unpaired) electrons. The molecule has 1 heterocycles. The quantitative estimate of drug-likeness (QED) is 0.736. The predicted octanol–water partition coefficient (Wildman–Crippen LogP) is 3.52. The van der Waals surface area contributed by atoms with Crippen LogP contribution in [0.2, 0.25) is 0 Å². The van der Waals surface area contributed by atoms with Crippen molar-refractivity contribution in [2.24, 2.45) is 5.92 Å². The van der Waals surface area contributed by atoms with E-state index in [0.29, 0.717) is 18.7 Å². The number of ether oxygens (including phenoxy) is 2. The molecule has 2 aromatic rings. The summed E-state index contributed by atoms with van der Waals surface area (Å²) in [6, 6.07) is 17.7. The van der Waals surface area contributed by atoms with Gasteiger partial charge in [0.15, 0.2) is 0 Å². The van der Waals surface area contributed by atoms with Crippen molar-refractivity contribution in [1.82, 2.24) is 4.90 Å². The Morgan fingerprint density at radius 2 is 1.74 bits per heavy atom. The fourth-order valence-corrected chi connectivity index (χ4v) is 3.29. The highest BCUT2D eigenvalue weighted by Crippen LogP contribution is 2.25. The van der Waals surface area contributed by atoms with Crippen LogP contribution in [0.4, 0.5) is 0 Å². The lowest BCUT2D eigenvalue weighted by Crippen LogP contribution is -2.30. The van der Waals surface area contributed by atoms with Crippen molar-refractivity contribution in [3.05, 3.63) is 54.1 Å². The first-order valence-corrected chi connectivity index (χ1v) is 8.62. The number of hydrogen-bond donors (Lipinski definition) is 0. The Bertz CT molecular complexity index is 800. The van der Waals surface area contributed by atoms with Crippen LogP contribution in [-0.2, 0) is 9.53 Å². The Labute approximate surface area is 165 Å². The molecule has 142 valence electrons. The van der Waals surface area contributed by atoms with Crippen LogP contribution in [0.3, 0.4) is 0 Å². The molecule has 0 aromatic heterocycles. The molecule has 0 amide bonds. The van der Waals surface area contributed by atoms with E-state index < -0.39 is 0 Å². The zero-order valence-corrected chi connectivity index (χ0v) is 16.2. The van der Waals surface area contributed by atoms with Gasteiger partial charge in [0, 0.05) is 12.6 Å². The number of carbonyl (C=O) groups is 1. The maximum absolute atomic E-state index is 11.7. The van der Waals surface area contributed by atoms with Gasteiger partial charge in [-0.05, 0) is 48.9 Å². The lowest BCUT2D eigenvalue weighted by molar-refractivity contribution is -0.144. The second kappa shape index (κ2) is 9.40. The van der Waals surface area contributed by atoms with Gasteiger partial charge in [0.2, 0.25) is 0 Å². The molecule has 2 aromatic carbocycles. The number of hydrogen-bond acceptors (Lipinski definition) is 5. The second-order valence-corrected chi connectivity index (χ2v) is 6.57. The number of likely N-dealkylation sites (tertiary alicyclic amines) is 1. The fourth-order valence-electron chi connectivity index (χ4n) is 3.29. The monoisotopic (exact) mass is 386 g/mol. The van der Waals surface area contributed by atoms with E-state index in [-0.39, 0.29) is 30.3 Å². The van der Waals surface area contributed by atoms with Gasteiger partial charge in [-0.15, -0.1) is 12.4 Å². The maximum Gasteiger partial charge on any atom is 0.310 e. The summed E-state index contributed by atoms with van der Waals surface area (Å²) in [5, 5.41) is 8.87. The van der Waals surface area contributed by atoms with Gasteiger partial charge in [-0.2, -0.15) is 5.26 Å². The van der Waals surface area contributed by atoms with Crippen LogP contribution in [0.25, 0.3) is 11.1 Å². The van der Waals surface area contributed by atoms with Crippen molar-refractivity contribution in [2.75, 3.05) is 27.3 Å². The highest BCUT2D eigenvalue weighted by atomic mass is 35.5. The molecule has 1 aliphatic heterocycles. The van der Waals surface area contributed by atoms with Gasteiger partial charge in [-0.25, -0.2) is 0 Å². The van der Waals surface area contributed by atoms with Gasteiger partial charge in [0.05, 0.1) is 24.7 Å². The highest BCUT2D eigenvalue weighted by molar-refractivity contribution is 5.85. The van der Waals surface area contributed by atoms with Gasteiger partial charge in [0.25, 0.3) is 0 Å². The second-order valence-electron chi connectivity index (χ2n) is 6.57. The number of halogens is 1. The lowest BCUT2D eigenvalue weighted by atomic mass is 10.0. The highest BCUT2D eigenvalue weighted by Gasteiger charge is 2.34. The molecule has 0 unspecified atom stereocenters. The number of methoxy groups -OCH3 is 1. The smallest absolute Gasteiger partial charge is 0.310 e. The van der Waals surface area contributed by atoms with Crippen LogP contribution in [0.5, 0.6) is 5.75 Å². The van der Waals surface area contributed by atoms with Crippen LogP contribution in [0.15, 0.2) is 48.5 Å². The molecule has 6 heteroatoms. The summed E-state index contributed by atoms with van der Waals surface area (Å²) in [7, 11) is 3.44. The normalized spacial score (nSPS) is 19.0. The van der Waals surface area contributed by atoms with Crippen molar-refractivity contribution >= 4 is 18.4 Å². The van der Waals surface area contributed by atoms with E-state index in [0.717, 1.165) is 23.3 Å². The Hall–Kier alpha value is -2.55. The molecular formula is C21H23ClN2O3. The molecule has 5 nitrogen and oxygen atoms in total. The minimum absolute atomic E-state index is 0. The molecule has 0 N–H and O–H groups in total. The largest absolute Gasteiger partial charge is 0.492 e. The van der Waals surface area contributed by atoms with Crippen molar-refractivity contribution in [3.8, 4) is 22.9 Å². The number of carbonyl (C=O) groups excluding carboxylic acids is 1. The van der Waals surface area contributed by atoms with Crippen molar-refractivity contribution in [2.45, 2.75) is 12.5 Å². The summed E-state index contributed by atoms with van der Waals surface area (Å²) in [5.74, 6) is 0.584. The van der Waals surface area contributed by atoms with E-state index in [2.05, 4.69) is 11.0 Å². The van der Waals surface area contributed by atoms with Crippen LogP contribution < -0.4 is 4.74 Å². The van der Waals surface area contributed by atoms with E-state index in [4.69, 9.17) is 14.7 Å². The van der Waals surface area contributed by atoms with Crippen molar-refractivity contribution < 1.29 is 14.3 Å². The molecule has 27 heavy (non-hydrogen) atoms. The zero-order chi connectivity index (χ0) is 18.5. The number of nitriles is 1. The molecule has 0 bridgehead atoms. The Balaban J connectivity index is 0.00000261. The van der Waals surface area contributed by atoms with Gasteiger partial charge < -0.3 is 9.47 Å². The Morgan fingerprint density at radius 3 is 2.30 bits per heavy atom. The SMILES string of the molecule is COC(=O)[C@H]1C[C@@H](COc2ccc(-c3ccc(C#N)cc3)cc2)N(C)C1.Cl. The lowest BCUT2D eigenvalue weighted by Gasteiger charge is -2.19. The number of likely N-dealkylation sites (N-methyl/N-ethyl adjacent to an activating group) is 1. The first-order chi connectivity index (χ1) is 12.6. The van der Waals surface area contributed by atoms with E-state index in [1.807, 2.05) is 55.6 Å². The number of rotatable bonds is 5. The molecule has 1 fully saturated rings. The summed E-state index contributed by atoms with van der Waals surface area (Å²) in [5.41, 5.74) is 2.79. The minimum atomic E-state index is -0.147. The number of nitrogens with zero attached hydrogens (tertiary/aromatic N) is 2. The average molecular weight is 387 g/mol. The van der Waals surface area contributed by atoms with Gasteiger partial charge in [0.1, 0.15) is 12.4 Å². The van der Waals surface area contributed by atoms with E-state index in [9.17, 15) is 4.79 Å². The molecule has 0 aliphatic carbocycles. The van der Waals surface area contributed by atoms with E-state index >= 15 is 0 Å². The maximum atomic E-state index is 11.7. The third-order valence-electron chi connectivity index (χ3n) is 4.87. The first kappa shape index (κ1) is 20.8. The summed E-state index contributed by atoms with van der Waals surface area (Å²) in [4.78, 5) is 13.8. The third-order valence-corrected chi connectivity index (χ3v) is 4.87. The van der Waals surface area contributed by atoms with Gasteiger partial charge >= 0.3 is 5.97 Å². The van der Waals surface area contributed by atoms with E-state index in [1.54, 1.807) is 0 Å². The van der Waals surface area contributed by atoms with Crippen LogP contribution in [0, 0.1) is 17.2 Å².